The number of imidazole rings is 1. The first-order valence-electron chi connectivity index (χ1n) is 7.83. The van der Waals surface area contributed by atoms with Crippen LogP contribution in [-0.4, -0.2) is 35.3 Å². The molecule has 0 aliphatic rings. The van der Waals surface area contributed by atoms with E-state index in [0.717, 1.165) is 5.52 Å². The van der Waals surface area contributed by atoms with Crippen molar-refractivity contribution < 1.29 is 18.8 Å². The molecule has 2 heterocycles. The zero-order valence-electron chi connectivity index (χ0n) is 14.8. The lowest BCUT2D eigenvalue weighted by molar-refractivity contribution is 0.102. The second-order valence-corrected chi connectivity index (χ2v) is 5.93. The number of anilines is 1. The summed E-state index contributed by atoms with van der Waals surface area (Å²) in [6.07, 6.45) is 0. The standard InChI is InChI=1S/C17H20N4O4/c1-8(2)15-14(9(3)21-25-15)16(22)20-17-18-10-6-12(23-4)13(24-5)7-11(10)19-17/h6-8H,1-5H3,(H2,18,19,20,22). The van der Waals surface area contributed by atoms with Crippen LogP contribution in [0.3, 0.4) is 0 Å². The Labute approximate surface area is 144 Å². The maximum atomic E-state index is 12.6. The molecule has 2 N–H and O–H groups in total. The average molecular weight is 344 g/mol. The number of carbonyl (C=O) groups is 1. The second kappa shape index (κ2) is 6.46. The molecule has 2 aromatic heterocycles. The molecule has 0 saturated carbocycles. The lowest BCUT2D eigenvalue weighted by Gasteiger charge is -2.06. The minimum Gasteiger partial charge on any atom is -0.493 e. The van der Waals surface area contributed by atoms with Crippen molar-refractivity contribution in [1.82, 2.24) is 15.1 Å². The first kappa shape index (κ1) is 16.8. The molecule has 1 amide bonds. The predicted octanol–water partition coefficient (Wildman–Crippen LogP) is 3.25. The number of hydrogen-bond acceptors (Lipinski definition) is 6. The van der Waals surface area contributed by atoms with Crippen LogP contribution in [0.1, 0.15) is 41.6 Å². The number of hydrogen-bond donors (Lipinski definition) is 2. The predicted molar refractivity (Wildman–Crippen MR) is 92.5 cm³/mol. The van der Waals surface area contributed by atoms with Crippen molar-refractivity contribution >= 4 is 22.9 Å². The molecule has 25 heavy (non-hydrogen) atoms. The van der Waals surface area contributed by atoms with Gasteiger partial charge < -0.3 is 19.0 Å². The van der Waals surface area contributed by atoms with Crippen molar-refractivity contribution in [2.75, 3.05) is 19.5 Å². The number of rotatable bonds is 5. The first-order valence-corrected chi connectivity index (χ1v) is 7.83. The number of aromatic amines is 1. The largest absolute Gasteiger partial charge is 0.493 e. The van der Waals surface area contributed by atoms with E-state index in [1.165, 1.54) is 0 Å². The Balaban J connectivity index is 1.93. The number of aryl methyl sites for hydroxylation is 1. The molecule has 0 unspecified atom stereocenters. The summed E-state index contributed by atoms with van der Waals surface area (Å²) in [5, 5.41) is 6.65. The molecule has 0 bridgehead atoms. The summed E-state index contributed by atoms with van der Waals surface area (Å²) in [6.45, 7) is 5.62. The molecule has 0 aliphatic carbocycles. The van der Waals surface area contributed by atoms with E-state index in [-0.39, 0.29) is 11.8 Å². The molecule has 0 radical (unpaired) electrons. The van der Waals surface area contributed by atoms with Crippen LogP contribution in [0.4, 0.5) is 5.95 Å². The van der Waals surface area contributed by atoms with Gasteiger partial charge in [0, 0.05) is 18.1 Å². The van der Waals surface area contributed by atoms with E-state index in [2.05, 4.69) is 20.4 Å². The van der Waals surface area contributed by atoms with Gasteiger partial charge in [0.05, 0.1) is 30.9 Å². The van der Waals surface area contributed by atoms with Gasteiger partial charge in [0.15, 0.2) is 17.3 Å². The van der Waals surface area contributed by atoms with Gasteiger partial charge in [0.2, 0.25) is 5.95 Å². The molecule has 1 aromatic carbocycles. The molecule has 0 spiro atoms. The number of nitrogens with zero attached hydrogens (tertiary/aromatic N) is 2. The molecular formula is C17H20N4O4. The van der Waals surface area contributed by atoms with Gasteiger partial charge in [0.25, 0.3) is 5.91 Å². The third kappa shape index (κ3) is 3.02. The number of amides is 1. The van der Waals surface area contributed by atoms with Crippen molar-refractivity contribution in [3.63, 3.8) is 0 Å². The van der Waals surface area contributed by atoms with Gasteiger partial charge in [-0.15, -0.1) is 0 Å². The summed E-state index contributed by atoms with van der Waals surface area (Å²) in [5.41, 5.74) is 2.35. The van der Waals surface area contributed by atoms with E-state index < -0.39 is 0 Å². The van der Waals surface area contributed by atoms with Crippen LogP contribution in [0.15, 0.2) is 16.7 Å². The topological polar surface area (TPSA) is 102 Å². The van der Waals surface area contributed by atoms with Gasteiger partial charge in [-0.2, -0.15) is 0 Å². The van der Waals surface area contributed by atoms with E-state index in [9.17, 15) is 4.79 Å². The molecule has 132 valence electrons. The van der Waals surface area contributed by atoms with Crippen LogP contribution in [0.2, 0.25) is 0 Å². The van der Waals surface area contributed by atoms with E-state index in [1.54, 1.807) is 33.3 Å². The fourth-order valence-electron chi connectivity index (χ4n) is 2.62. The first-order chi connectivity index (χ1) is 11.9. The average Bonchev–Trinajstić information content (AvgIpc) is 3.15. The van der Waals surface area contributed by atoms with Crippen LogP contribution in [-0.2, 0) is 0 Å². The zero-order valence-corrected chi connectivity index (χ0v) is 14.8. The number of aromatic nitrogens is 3. The SMILES string of the molecule is COc1cc2nc(NC(=O)c3c(C)noc3C(C)C)[nH]c2cc1OC. The number of carbonyl (C=O) groups excluding carboxylic acids is 1. The van der Waals surface area contributed by atoms with E-state index in [4.69, 9.17) is 14.0 Å². The molecule has 8 nitrogen and oxygen atoms in total. The quantitative estimate of drug-likeness (QED) is 0.736. The Kier molecular flexibility index (Phi) is 4.35. The number of H-pyrrole nitrogens is 1. The van der Waals surface area contributed by atoms with E-state index >= 15 is 0 Å². The normalized spacial score (nSPS) is 11.1. The highest BCUT2D eigenvalue weighted by atomic mass is 16.5. The van der Waals surface area contributed by atoms with Crippen LogP contribution in [0.5, 0.6) is 11.5 Å². The molecule has 3 aromatic rings. The van der Waals surface area contributed by atoms with Crippen LogP contribution in [0.25, 0.3) is 11.0 Å². The van der Waals surface area contributed by atoms with Gasteiger partial charge in [-0.3, -0.25) is 10.1 Å². The maximum Gasteiger partial charge on any atom is 0.263 e. The highest BCUT2D eigenvalue weighted by molar-refractivity contribution is 6.05. The van der Waals surface area contributed by atoms with Gasteiger partial charge >= 0.3 is 0 Å². The van der Waals surface area contributed by atoms with Gasteiger partial charge in [-0.1, -0.05) is 19.0 Å². The Bertz CT molecular complexity index is 885. The summed E-state index contributed by atoms with van der Waals surface area (Å²) in [4.78, 5) is 20.1. The van der Waals surface area contributed by atoms with Crippen LogP contribution >= 0.6 is 0 Å². The second-order valence-electron chi connectivity index (χ2n) is 5.93. The number of methoxy groups -OCH3 is 2. The van der Waals surface area contributed by atoms with E-state index in [0.29, 0.717) is 40.0 Å². The third-order valence-corrected chi connectivity index (χ3v) is 3.86. The molecule has 0 atom stereocenters. The molecule has 3 rings (SSSR count). The fourth-order valence-corrected chi connectivity index (χ4v) is 2.62. The van der Waals surface area contributed by atoms with Gasteiger partial charge in [-0.05, 0) is 6.92 Å². The number of fused-ring (bicyclic) bond motifs is 1. The fraction of sp³-hybridized carbons (Fsp3) is 0.353. The number of benzene rings is 1. The molecular weight excluding hydrogens is 324 g/mol. The zero-order chi connectivity index (χ0) is 18.1. The summed E-state index contributed by atoms with van der Waals surface area (Å²) >= 11 is 0. The van der Waals surface area contributed by atoms with Crippen LogP contribution in [0, 0.1) is 6.92 Å². The van der Waals surface area contributed by atoms with Gasteiger partial charge in [0.1, 0.15) is 5.56 Å². The van der Waals surface area contributed by atoms with E-state index in [1.807, 2.05) is 13.8 Å². The lowest BCUT2D eigenvalue weighted by Crippen LogP contribution is -2.15. The minimum atomic E-state index is -0.319. The lowest BCUT2D eigenvalue weighted by atomic mass is 10.0. The minimum absolute atomic E-state index is 0.0474. The molecule has 8 heteroatoms. The van der Waals surface area contributed by atoms with Gasteiger partial charge in [-0.25, -0.2) is 4.98 Å². The van der Waals surface area contributed by atoms with Crippen molar-refractivity contribution in [2.24, 2.45) is 0 Å². The Morgan fingerprint density at radius 3 is 2.56 bits per heavy atom. The Hall–Kier alpha value is -3.03. The molecule has 0 fully saturated rings. The highest BCUT2D eigenvalue weighted by Crippen LogP contribution is 2.32. The van der Waals surface area contributed by atoms with Crippen molar-refractivity contribution in [1.29, 1.82) is 0 Å². The van der Waals surface area contributed by atoms with Crippen molar-refractivity contribution in [3.8, 4) is 11.5 Å². The third-order valence-electron chi connectivity index (χ3n) is 3.86. The summed E-state index contributed by atoms with van der Waals surface area (Å²) in [5.74, 6) is 1.75. The monoisotopic (exact) mass is 344 g/mol. The maximum absolute atomic E-state index is 12.6. The number of ether oxygens (including phenoxy) is 2. The summed E-state index contributed by atoms with van der Waals surface area (Å²) in [6, 6.07) is 3.51. The Morgan fingerprint density at radius 1 is 1.24 bits per heavy atom. The summed E-state index contributed by atoms with van der Waals surface area (Å²) in [7, 11) is 3.12. The molecule has 0 aliphatic heterocycles. The number of nitrogens with one attached hydrogen (secondary N) is 2. The molecule has 0 saturated heterocycles. The summed E-state index contributed by atoms with van der Waals surface area (Å²) < 4.78 is 15.8. The van der Waals surface area contributed by atoms with Crippen molar-refractivity contribution in [3.05, 3.63) is 29.2 Å². The van der Waals surface area contributed by atoms with Crippen LogP contribution < -0.4 is 14.8 Å². The smallest absolute Gasteiger partial charge is 0.263 e. The van der Waals surface area contributed by atoms with Crippen molar-refractivity contribution in [2.45, 2.75) is 26.7 Å². The Morgan fingerprint density at radius 2 is 1.92 bits per heavy atom. The highest BCUT2D eigenvalue weighted by Gasteiger charge is 2.23.